The van der Waals surface area contributed by atoms with Crippen LogP contribution in [-0.4, -0.2) is 45.2 Å². The second kappa shape index (κ2) is 10.3. The molecule has 150 valence electrons. The van der Waals surface area contributed by atoms with Crippen molar-refractivity contribution in [3.63, 3.8) is 0 Å². The number of hydrogen-bond donors (Lipinski definition) is 2. The molecule has 1 aliphatic heterocycles. The van der Waals surface area contributed by atoms with Crippen molar-refractivity contribution in [3.8, 4) is 0 Å². The predicted octanol–water partition coefficient (Wildman–Crippen LogP) is 2.22. The van der Waals surface area contributed by atoms with Gasteiger partial charge in [-0.25, -0.2) is 10.2 Å². The van der Waals surface area contributed by atoms with E-state index >= 15 is 0 Å². The normalized spacial score (nSPS) is 16.7. The van der Waals surface area contributed by atoms with Gasteiger partial charge in [-0.1, -0.05) is 25.5 Å². The van der Waals surface area contributed by atoms with Crippen LogP contribution >= 0.6 is 0 Å². The minimum atomic E-state index is -3.85. The molecule has 0 aromatic heterocycles. The van der Waals surface area contributed by atoms with Crippen LogP contribution in [0, 0.1) is 0 Å². The number of hydrazine groups is 1. The molecule has 0 atom stereocenters. The van der Waals surface area contributed by atoms with Crippen LogP contribution in [0.5, 0.6) is 0 Å². The largest absolute Gasteiger partial charge is 0.463 e. The lowest BCUT2D eigenvalue weighted by molar-refractivity contribution is -0.137. The van der Waals surface area contributed by atoms with E-state index in [1.165, 1.54) is 6.07 Å². The van der Waals surface area contributed by atoms with Gasteiger partial charge in [0.1, 0.15) is 10.7 Å². The van der Waals surface area contributed by atoms with Gasteiger partial charge in [0, 0.05) is 19.8 Å². The van der Waals surface area contributed by atoms with Crippen molar-refractivity contribution in [3.05, 3.63) is 36.2 Å². The van der Waals surface area contributed by atoms with E-state index < -0.39 is 16.0 Å². The van der Waals surface area contributed by atoms with Gasteiger partial charge in [0.25, 0.3) is 10.0 Å². The SMILES string of the molecule is CCCCOCCCNN1/C(=C/C(=O)OCC)Nc2ccccc2S1(=O)=O. The molecule has 27 heavy (non-hydrogen) atoms. The highest BCUT2D eigenvalue weighted by Crippen LogP contribution is 2.31. The van der Waals surface area contributed by atoms with E-state index in [0.29, 0.717) is 31.9 Å². The molecule has 0 saturated heterocycles. The highest BCUT2D eigenvalue weighted by molar-refractivity contribution is 7.89. The van der Waals surface area contributed by atoms with Crippen molar-refractivity contribution < 1.29 is 22.7 Å². The van der Waals surface area contributed by atoms with Crippen molar-refractivity contribution in [1.29, 1.82) is 0 Å². The molecule has 9 heteroatoms. The first-order valence-corrected chi connectivity index (χ1v) is 10.6. The molecule has 0 bridgehead atoms. The molecule has 0 aliphatic carbocycles. The molecule has 8 nitrogen and oxygen atoms in total. The lowest BCUT2D eigenvalue weighted by Gasteiger charge is -2.33. The molecule has 0 unspecified atom stereocenters. The summed E-state index contributed by atoms with van der Waals surface area (Å²) in [6, 6.07) is 6.53. The number of esters is 1. The Morgan fingerprint density at radius 3 is 2.70 bits per heavy atom. The maximum Gasteiger partial charge on any atom is 0.334 e. The van der Waals surface area contributed by atoms with Crippen LogP contribution in [-0.2, 0) is 24.3 Å². The standard InChI is InChI=1S/C18H27N3O5S/c1-3-5-12-25-13-8-11-19-21-17(14-18(22)26-4-2)20-15-9-6-7-10-16(15)27(21,23)24/h6-7,9-10,14,19-20H,3-5,8,11-13H2,1-2H3/b17-14+. The van der Waals surface area contributed by atoms with Crippen LogP contribution in [0.3, 0.4) is 0 Å². The molecule has 1 aromatic carbocycles. The third kappa shape index (κ3) is 5.69. The van der Waals surface area contributed by atoms with Gasteiger partial charge in [-0.3, -0.25) is 0 Å². The molecule has 0 radical (unpaired) electrons. The average Bonchev–Trinajstić information content (AvgIpc) is 2.63. The number of carbonyl (C=O) groups excluding carboxylic acids is 1. The molecule has 1 aliphatic rings. The topological polar surface area (TPSA) is 97.0 Å². The maximum absolute atomic E-state index is 13.0. The zero-order valence-electron chi connectivity index (χ0n) is 15.7. The number of rotatable bonds is 10. The van der Waals surface area contributed by atoms with E-state index in [-0.39, 0.29) is 17.3 Å². The number of ether oxygens (including phenoxy) is 2. The van der Waals surface area contributed by atoms with Gasteiger partial charge in [0.05, 0.1) is 18.4 Å². The Morgan fingerprint density at radius 1 is 1.22 bits per heavy atom. The third-order valence-electron chi connectivity index (χ3n) is 3.79. The fourth-order valence-electron chi connectivity index (χ4n) is 2.48. The van der Waals surface area contributed by atoms with E-state index in [1.807, 2.05) is 0 Å². The van der Waals surface area contributed by atoms with Gasteiger partial charge in [-0.15, -0.1) is 0 Å². The van der Waals surface area contributed by atoms with Crippen LogP contribution in [0.4, 0.5) is 5.69 Å². The number of hydrogen-bond acceptors (Lipinski definition) is 7. The fraction of sp³-hybridized carbons (Fsp3) is 0.500. The Labute approximate surface area is 160 Å². The molecule has 0 amide bonds. The number of carbonyl (C=O) groups is 1. The van der Waals surface area contributed by atoms with Crippen molar-refractivity contribution in [2.24, 2.45) is 0 Å². The summed E-state index contributed by atoms with van der Waals surface area (Å²) in [6.07, 6.45) is 3.82. The van der Waals surface area contributed by atoms with E-state index in [9.17, 15) is 13.2 Å². The molecular formula is C18H27N3O5S. The van der Waals surface area contributed by atoms with Gasteiger partial charge >= 0.3 is 5.97 Å². The number of fused-ring (bicyclic) bond motifs is 1. The Bertz CT molecular complexity index is 764. The summed E-state index contributed by atoms with van der Waals surface area (Å²) >= 11 is 0. The summed E-state index contributed by atoms with van der Waals surface area (Å²) in [4.78, 5) is 12.0. The van der Waals surface area contributed by atoms with Gasteiger partial charge in [-0.05, 0) is 31.9 Å². The average molecular weight is 397 g/mol. The molecule has 0 fully saturated rings. The van der Waals surface area contributed by atoms with Crippen molar-refractivity contribution in [1.82, 2.24) is 9.84 Å². The zero-order valence-corrected chi connectivity index (χ0v) is 16.5. The van der Waals surface area contributed by atoms with Crippen LogP contribution in [0.15, 0.2) is 41.1 Å². The first-order chi connectivity index (χ1) is 13.0. The molecule has 1 aromatic rings. The van der Waals surface area contributed by atoms with Crippen molar-refractivity contribution >= 4 is 21.7 Å². The van der Waals surface area contributed by atoms with Crippen LogP contribution in [0.25, 0.3) is 0 Å². The Balaban J connectivity index is 2.13. The summed E-state index contributed by atoms with van der Waals surface area (Å²) in [5, 5.41) is 2.97. The van der Waals surface area contributed by atoms with Crippen LogP contribution in [0.2, 0.25) is 0 Å². The lowest BCUT2D eigenvalue weighted by atomic mass is 10.3. The van der Waals surface area contributed by atoms with Gasteiger partial charge < -0.3 is 14.8 Å². The quantitative estimate of drug-likeness (QED) is 0.355. The highest BCUT2D eigenvalue weighted by Gasteiger charge is 2.34. The first-order valence-electron chi connectivity index (χ1n) is 9.11. The first kappa shape index (κ1) is 21.2. The van der Waals surface area contributed by atoms with E-state index in [2.05, 4.69) is 17.7 Å². The molecular weight excluding hydrogens is 370 g/mol. The molecule has 2 rings (SSSR count). The summed E-state index contributed by atoms with van der Waals surface area (Å²) in [5.74, 6) is -0.525. The van der Waals surface area contributed by atoms with E-state index in [4.69, 9.17) is 9.47 Å². The number of sulfonamides is 1. The Hall–Kier alpha value is -2.10. The lowest BCUT2D eigenvalue weighted by Crippen LogP contribution is -2.47. The Morgan fingerprint density at radius 2 is 1.96 bits per heavy atom. The van der Waals surface area contributed by atoms with Crippen LogP contribution < -0.4 is 10.7 Å². The smallest absolute Gasteiger partial charge is 0.334 e. The van der Waals surface area contributed by atoms with Crippen molar-refractivity contribution in [2.45, 2.75) is 38.0 Å². The van der Waals surface area contributed by atoms with Gasteiger partial charge in [0.2, 0.25) is 0 Å². The van der Waals surface area contributed by atoms with Gasteiger partial charge in [-0.2, -0.15) is 12.8 Å². The second-order valence-electron chi connectivity index (χ2n) is 5.90. The monoisotopic (exact) mass is 397 g/mol. The number of benzene rings is 1. The fourth-order valence-corrected chi connectivity index (χ4v) is 3.94. The molecule has 1 heterocycles. The van der Waals surface area contributed by atoms with E-state index in [0.717, 1.165) is 23.3 Å². The van der Waals surface area contributed by atoms with Crippen molar-refractivity contribution in [2.75, 3.05) is 31.7 Å². The minimum absolute atomic E-state index is 0.0963. The molecule has 0 spiro atoms. The number of para-hydroxylation sites is 1. The second-order valence-corrected chi connectivity index (χ2v) is 7.65. The zero-order chi connectivity index (χ0) is 19.7. The Kier molecular flexibility index (Phi) is 8.08. The summed E-state index contributed by atoms with van der Waals surface area (Å²) in [6.45, 7) is 5.58. The summed E-state index contributed by atoms with van der Waals surface area (Å²) in [5.41, 5.74) is 3.28. The number of unbranched alkanes of at least 4 members (excludes halogenated alkanes) is 1. The third-order valence-corrected chi connectivity index (χ3v) is 5.51. The summed E-state index contributed by atoms with van der Waals surface area (Å²) in [7, 11) is -3.85. The van der Waals surface area contributed by atoms with E-state index in [1.54, 1.807) is 25.1 Å². The highest BCUT2D eigenvalue weighted by atomic mass is 32.2. The molecule has 2 N–H and O–H groups in total. The molecule has 0 saturated carbocycles. The number of nitrogens with zero attached hydrogens (tertiary/aromatic N) is 1. The number of nitrogens with one attached hydrogen (secondary N) is 2. The van der Waals surface area contributed by atoms with Gasteiger partial charge in [0.15, 0.2) is 0 Å². The maximum atomic E-state index is 13.0. The summed E-state index contributed by atoms with van der Waals surface area (Å²) < 4.78 is 37.3. The van der Waals surface area contributed by atoms with Crippen LogP contribution in [0.1, 0.15) is 33.1 Å². The minimum Gasteiger partial charge on any atom is -0.463 e. The number of anilines is 1. The predicted molar refractivity (Wildman–Crippen MR) is 102 cm³/mol.